The van der Waals surface area contributed by atoms with Crippen LogP contribution in [0.3, 0.4) is 0 Å². The lowest BCUT2D eigenvalue weighted by Gasteiger charge is -2.27. The molecule has 2 aliphatic rings. The van der Waals surface area contributed by atoms with Crippen LogP contribution in [0.15, 0.2) is 0 Å². The molecule has 0 amide bonds. The van der Waals surface area contributed by atoms with Crippen LogP contribution in [0, 0.1) is 17.8 Å². The minimum atomic E-state index is 0.935. The molecule has 2 fully saturated rings. The summed E-state index contributed by atoms with van der Waals surface area (Å²) in [5, 5.41) is 0. The third-order valence-corrected chi connectivity index (χ3v) is 5.01. The zero-order valence-electron chi connectivity index (χ0n) is 13.3. The molecular weight excluding hydrogens is 218 g/mol. The molecule has 1 heterocycles. The summed E-state index contributed by atoms with van der Waals surface area (Å²) >= 11 is 0. The van der Waals surface area contributed by atoms with Gasteiger partial charge in [-0.25, -0.2) is 0 Å². The molecule has 1 aliphatic carbocycles. The fourth-order valence-electron chi connectivity index (χ4n) is 3.27. The van der Waals surface area contributed by atoms with Crippen molar-refractivity contribution in [2.75, 3.05) is 20.1 Å². The highest BCUT2D eigenvalue weighted by Gasteiger charge is 2.15. The van der Waals surface area contributed by atoms with Crippen molar-refractivity contribution in [2.24, 2.45) is 17.8 Å². The highest BCUT2D eigenvalue weighted by atomic mass is 15.1. The van der Waals surface area contributed by atoms with Gasteiger partial charge in [0, 0.05) is 0 Å². The molecule has 18 heavy (non-hydrogen) atoms. The van der Waals surface area contributed by atoms with Gasteiger partial charge in [-0.2, -0.15) is 0 Å². The van der Waals surface area contributed by atoms with E-state index in [0.717, 1.165) is 17.8 Å². The summed E-state index contributed by atoms with van der Waals surface area (Å²) in [6.07, 6.45) is 11.7. The van der Waals surface area contributed by atoms with Crippen LogP contribution in [-0.4, -0.2) is 25.0 Å². The molecule has 0 unspecified atom stereocenters. The molecule has 1 saturated carbocycles. The van der Waals surface area contributed by atoms with Crippen LogP contribution in [0.2, 0.25) is 0 Å². The summed E-state index contributed by atoms with van der Waals surface area (Å²) in [7, 11) is 2.21. The Morgan fingerprint density at radius 1 is 0.944 bits per heavy atom. The van der Waals surface area contributed by atoms with Crippen molar-refractivity contribution >= 4 is 0 Å². The summed E-state index contributed by atoms with van der Waals surface area (Å²) in [4.78, 5) is 2.42. The Balaban J connectivity index is 0.000000180. The lowest BCUT2D eigenvalue weighted by molar-refractivity contribution is 0.216. The summed E-state index contributed by atoms with van der Waals surface area (Å²) in [6, 6.07) is 0. The van der Waals surface area contributed by atoms with E-state index in [0.29, 0.717) is 0 Å². The van der Waals surface area contributed by atoms with E-state index in [9.17, 15) is 0 Å². The van der Waals surface area contributed by atoms with E-state index in [4.69, 9.17) is 0 Å². The van der Waals surface area contributed by atoms with Crippen molar-refractivity contribution in [3.8, 4) is 0 Å². The van der Waals surface area contributed by atoms with Gasteiger partial charge in [0.25, 0.3) is 0 Å². The zero-order valence-corrected chi connectivity index (χ0v) is 13.3. The molecule has 0 bridgehead atoms. The predicted molar refractivity (Wildman–Crippen MR) is 81.9 cm³/mol. The van der Waals surface area contributed by atoms with E-state index >= 15 is 0 Å². The number of rotatable bonds is 2. The molecule has 108 valence electrons. The van der Waals surface area contributed by atoms with Crippen molar-refractivity contribution < 1.29 is 0 Å². The standard InChI is InChI=1S/C9H18.C8H17N/c1-8(2)9-6-4-3-5-7-9;1-3-8-4-6-9(2)7-5-8/h8-9H,3-7H2,1-2H3;8H,3-7H2,1-2H3. The van der Waals surface area contributed by atoms with Crippen molar-refractivity contribution in [3.05, 3.63) is 0 Å². The van der Waals surface area contributed by atoms with E-state index in [1.54, 1.807) is 0 Å². The normalized spacial score (nSPS) is 23.8. The fourth-order valence-corrected chi connectivity index (χ4v) is 3.27. The molecule has 0 aromatic rings. The smallest absolute Gasteiger partial charge is 0.00191 e. The minimum Gasteiger partial charge on any atom is -0.306 e. The van der Waals surface area contributed by atoms with E-state index < -0.39 is 0 Å². The van der Waals surface area contributed by atoms with Crippen molar-refractivity contribution in [2.45, 2.75) is 72.1 Å². The van der Waals surface area contributed by atoms with Crippen molar-refractivity contribution in [1.29, 1.82) is 0 Å². The van der Waals surface area contributed by atoms with Gasteiger partial charge in [-0.1, -0.05) is 59.3 Å². The quantitative estimate of drug-likeness (QED) is 0.672. The summed E-state index contributed by atoms with van der Waals surface area (Å²) in [6.45, 7) is 9.65. The van der Waals surface area contributed by atoms with Gasteiger partial charge >= 0.3 is 0 Å². The van der Waals surface area contributed by atoms with Gasteiger partial charge in [0.15, 0.2) is 0 Å². The molecule has 2 rings (SSSR count). The van der Waals surface area contributed by atoms with Gasteiger partial charge in [-0.05, 0) is 50.7 Å². The fraction of sp³-hybridized carbons (Fsp3) is 1.00. The average molecular weight is 253 g/mol. The summed E-state index contributed by atoms with van der Waals surface area (Å²) in [5.41, 5.74) is 0. The summed E-state index contributed by atoms with van der Waals surface area (Å²) in [5.74, 6) is 3.02. The zero-order chi connectivity index (χ0) is 13.4. The van der Waals surface area contributed by atoms with Gasteiger partial charge < -0.3 is 4.90 Å². The molecule has 1 heteroatoms. The first-order valence-corrected chi connectivity index (χ1v) is 8.32. The number of nitrogens with zero attached hydrogens (tertiary/aromatic N) is 1. The molecule has 0 N–H and O–H groups in total. The first kappa shape index (κ1) is 16.0. The Morgan fingerprint density at radius 3 is 1.89 bits per heavy atom. The van der Waals surface area contributed by atoms with Gasteiger partial charge in [-0.15, -0.1) is 0 Å². The van der Waals surface area contributed by atoms with Crippen LogP contribution in [0.1, 0.15) is 72.1 Å². The van der Waals surface area contributed by atoms with Crippen LogP contribution in [-0.2, 0) is 0 Å². The maximum atomic E-state index is 2.42. The molecular formula is C17H35N. The third kappa shape index (κ3) is 6.22. The Hall–Kier alpha value is -0.0400. The van der Waals surface area contributed by atoms with Gasteiger partial charge in [-0.3, -0.25) is 0 Å². The monoisotopic (exact) mass is 253 g/mol. The first-order chi connectivity index (χ1) is 8.63. The largest absolute Gasteiger partial charge is 0.306 e. The van der Waals surface area contributed by atoms with E-state index in [1.165, 1.54) is 64.5 Å². The number of hydrogen-bond donors (Lipinski definition) is 0. The van der Waals surface area contributed by atoms with Gasteiger partial charge in [0.1, 0.15) is 0 Å². The Kier molecular flexibility index (Phi) is 7.97. The third-order valence-electron chi connectivity index (χ3n) is 5.01. The van der Waals surface area contributed by atoms with Crippen LogP contribution in [0.25, 0.3) is 0 Å². The van der Waals surface area contributed by atoms with Crippen LogP contribution in [0.4, 0.5) is 0 Å². The highest BCUT2D eigenvalue weighted by Crippen LogP contribution is 2.29. The van der Waals surface area contributed by atoms with Crippen molar-refractivity contribution in [3.63, 3.8) is 0 Å². The molecule has 0 radical (unpaired) electrons. The SMILES string of the molecule is CC(C)C1CCCCC1.CCC1CCN(C)CC1. The van der Waals surface area contributed by atoms with Gasteiger partial charge in [0.05, 0.1) is 0 Å². The van der Waals surface area contributed by atoms with Gasteiger partial charge in [0.2, 0.25) is 0 Å². The Labute approximate surface area is 115 Å². The second-order valence-electron chi connectivity index (χ2n) is 6.80. The number of piperidine rings is 1. The Morgan fingerprint density at radius 2 is 1.50 bits per heavy atom. The minimum absolute atomic E-state index is 0.935. The second-order valence-corrected chi connectivity index (χ2v) is 6.80. The lowest BCUT2D eigenvalue weighted by atomic mass is 9.82. The molecule has 1 saturated heterocycles. The molecule has 0 aromatic heterocycles. The lowest BCUT2D eigenvalue weighted by Crippen LogP contribution is -2.29. The van der Waals surface area contributed by atoms with Crippen LogP contribution < -0.4 is 0 Å². The number of likely N-dealkylation sites (tertiary alicyclic amines) is 1. The number of hydrogen-bond acceptors (Lipinski definition) is 1. The highest BCUT2D eigenvalue weighted by molar-refractivity contribution is 4.68. The molecule has 1 nitrogen and oxygen atoms in total. The van der Waals surface area contributed by atoms with E-state index in [1.807, 2.05) is 0 Å². The maximum absolute atomic E-state index is 2.42. The molecule has 1 aliphatic heterocycles. The van der Waals surface area contributed by atoms with Crippen molar-refractivity contribution in [1.82, 2.24) is 4.90 Å². The maximum Gasteiger partial charge on any atom is -0.00191 e. The van der Waals surface area contributed by atoms with E-state index in [-0.39, 0.29) is 0 Å². The van der Waals surface area contributed by atoms with Crippen LogP contribution >= 0.6 is 0 Å². The first-order valence-electron chi connectivity index (χ1n) is 8.32. The average Bonchev–Trinajstić information content (AvgIpc) is 2.41. The van der Waals surface area contributed by atoms with Crippen LogP contribution in [0.5, 0.6) is 0 Å². The molecule has 0 spiro atoms. The molecule has 0 atom stereocenters. The topological polar surface area (TPSA) is 3.24 Å². The second kappa shape index (κ2) is 8.96. The molecule has 0 aromatic carbocycles. The van der Waals surface area contributed by atoms with E-state index in [2.05, 4.69) is 32.7 Å². The Bertz CT molecular complexity index is 186. The summed E-state index contributed by atoms with van der Waals surface area (Å²) < 4.78 is 0. The predicted octanol–water partition coefficient (Wildman–Crippen LogP) is 4.96.